The number of aromatic amines is 1. The van der Waals surface area contributed by atoms with Crippen molar-refractivity contribution < 1.29 is 4.74 Å². The van der Waals surface area contributed by atoms with E-state index < -0.39 is 0 Å². The van der Waals surface area contributed by atoms with Gasteiger partial charge in [-0.3, -0.25) is 4.90 Å². The molecular formula is C14H19N3O. The maximum absolute atomic E-state index is 5.76. The first-order valence-electron chi connectivity index (χ1n) is 6.46. The fourth-order valence-electron chi connectivity index (χ4n) is 2.58. The molecule has 1 fully saturated rings. The van der Waals surface area contributed by atoms with Crippen molar-refractivity contribution in [1.82, 2.24) is 9.88 Å². The Morgan fingerprint density at radius 3 is 2.83 bits per heavy atom. The first-order chi connectivity index (χ1) is 8.88. The van der Waals surface area contributed by atoms with Gasteiger partial charge in [0.25, 0.3) is 0 Å². The average Bonchev–Trinajstić information content (AvgIpc) is 2.83. The molecule has 1 aromatic carbocycles. The number of fused-ring (bicyclic) bond motifs is 1. The van der Waals surface area contributed by atoms with Crippen LogP contribution in [0.25, 0.3) is 10.9 Å². The number of hydrogen-bond donors (Lipinski definition) is 2. The number of para-hydroxylation sites is 1. The molecule has 3 N–H and O–H groups in total. The van der Waals surface area contributed by atoms with Crippen molar-refractivity contribution in [3.8, 4) is 0 Å². The molecule has 0 spiro atoms. The molecular weight excluding hydrogens is 226 g/mol. The SMILES string of the molecule is NCc1cccc2c(CN3CCOCC3)c[nH]c12. The highest BCUT2D eigenvalue weighted by Gasteiger charge is 2.13. The average molecular weight is 245 g/mol. The molecule has 4 heteroatoms. The molecule has 0 amide bonds. The third kappa shape index (κ3) is 2.14. The molecule has 0 aliphatic carbocycles. The number of nitrogens with one attached hydrogen (secondary N) is 1. The Morgan fingerprint density at radius 1 is 1.22 bits per heavy atom. The highest BCUT2D eigenvalue weighted by Crippen LogP contribution is 2.23. The van der Waals surface area contributed by atoms with Gasteiger partial charge in [-0.05, 0) is 11.1 Å². The van der Waals surface area contributed by atoms with Gasteiger partial charge in [-0.1, -0.05) is 18.2 Å². The molecule has 1 aromatic heterocycles. The number of benzene rings is 1. The summed E-state index contributed by atoms with van der Waals surface area (Å²) in [5, 5.41) is 1.30. The number of ether oxygens (including phenoxy) is 1. The molecule has 1 aliphatic heterocycles. The van der Waals surface area contributed by atoms with Crippen LogP contribution < -0.4 is 5.73 Å². The van der Waals surface area contributed by atoms with Crippen LogP contribution in [0.5, 0.6) is 0 Å². The quantitative estimate of drug-likeness (QED) is 0.860. The maximum atomic E-state index is 5.76. The lowest BCUT2D eigenvalue weighted by Crippen LogP contribution is -2.35. The molecule has 0 unspecified atom stereocenters. The van der Waals surface area contributed by atoms with Gasteiger partial charge in [0.2, 0.25) is 0 Å². The fourth-order valence-corrected chi connectivity index (χ4v) is 2.58. The predicted molar refractivity (Wildman–Crippen MR) is 72.3 cm³/mol. The summed E-state index contributed by atoms with van der Waals surface area (Å²) < 4.78 is 5.38. The summed E-state index contributed by atoms with van der Waals surface area (Å²) in [6, 6.07) is 6.33. The van der Waals surface area contributed by atoms with Crippen LogP contribution in [0, 0.1) is 0 Å². The number of rotatable bonds is 3. The molecule has 3 rings (SSSR count). The predicted octanol–water partition coefficient (Wildman–Crippen LogP) is 1.46. The van der Waals surface area contributed by atoms with Gasteiger partial charge < -0.3 is 15.5 Å². The summed E-state index contributed by atoms with van der Waals surface area (Å²) in [5.74, 6) is 0. The number of hydrogen-bond acceptors (Lipinski definition) is 3. The van der Waals surface area contributed by atoms with E-state index in [-0.39, 0.29) is 0 Å². The summed E-state index contributed by atoms with van der Waals surface area (Å²) >= 11 is 0. The van der Waals surface area contributed by atoms with Gasteiger partial charge >= 0.3 is 0 Å². The van der Waals surface area contributed by atoms with E-state index in [2.05, 4.69) is 34.3 Å². The fraction of sp³-hybridized carbons (Fsp3) is 0.429. The second-order valence-corrected chi connectivity index (χ2v) is 4.75. The van der Waals surface area contributed by atoms with Crippen LogP contribution in [-0.4, -0.2) is 36.2 Å². The number of nitrogens with zero attached hydrogens (tertiary/aromatic N) is 1. The van der Waals surface area contributed by atoms with Gasteiger partial charge in [0.15, 0.2) is 0 Å². The monoisotopic (exact) mass is 245 g/mol. The Morgan fingerprint density at radius 2 is 2.06 bits per heavy atom. The second-order valence-electron chi connectivity index (χ2n) is 4.75. The summed E-state index contributed by atoms with van der Waals surface area (Å²) in [4.78, 5) is 5.79. The van der Waals surface area contributed by atoms with E-state index in [1.807, 2.05) is 0 Å². The van der Waals surface area contributed by atoms with Crippen molar-refractivity contribution in [2.75, 3.05) is 26.3 Å². The van der Waals surface area contributed by atoms with E-state index in [0.717, 1.165) is 32.8 Å². The molecule has 0 atom stereocenters. The molecule has 4 nitrogen and oxygen atoms in total. The van der Waals surface area contributed by atoms with Crippen molar-refractivity contribution >= 4 is 10.9 Å². The summed E-state index contributed by atoms with van der Waals surface area (Å²) in [7, 11) is 0. The lowest BCUT2D eigenvalue weighted by atomic mass is 10.1. The van der Waals surface area contributed by atoms with Crippen molar-refractivity contribution in [2.45, 2.75) is 13.1 Å². The third-order valence-corrected chi connectivity index (χ3v) is 3.61. The highest BCUT2D eigenvalue weighted by atomic mass is 16.5. The smallest absolute Gasteiger partial charge is 0.0594 e. The van der Waals surface area contributed by atoms with Crippen LogP contribution in [0.4, 0.5) is 0 Å². The lowest BCUT2D eigenvalue weighted by molar-refractivity contribution is 0.0343. The van der Waals surface area contributed by atoms with Crippen LogP contribution in [0.15, 0.2) is 24.4 Å². The minimum Gasteiger partial charge on any atom is -0.379 e. The third-order valence-electron chi connectivity index (χ3n) is 3.61. The molecule has 0 radical (unpaired) electrons. The van der Waals surface area contributed by atoms with Crippen molar-refractivity contribution in [3.05, 3.63) is 35.5 Å². The molecule has 2 heterocycles. The Labute approximate surface area is 107 Å². The van der Waals surface area contributed by atoms with Gasteiger partial charge in [0, 0.05) is 37.8 Å². The van der Waals surface area contributed by atoms with Gasteiger partial charge in [0.05, 0.1) is 18.7 Å². The van der Waals surface area contributed by atoms with Gasteiger partial charge in [-0.2, -0.15) is 0 Å². The van der Waals surface area contributed by atoms with E-state index in [1.54, 1.807) is 0 Å². The molecule has 2 aromatic rings. The first kappa shape index (κ1) is 11.7. The zero-order valence-electron chi connectivity index (χ0n) is 10.5. The Balaban J connectivity index is 1.88. The number of morpholine rings is 1. The number of aromatic nitrogens is 1. The topological polar surface area (TPSA) is 54.3 Å². The van der Waals surface area contributed by atoms with E-state index in [4.69, 9.17) is 10.5 Å². The maximum Gasteiger partial charge on any atom is 0.0594 e. The van der Waals surface area contributed by atoms with Crippen LogP contribution >= 0.6 is 0 Å². The van der Waals surface area contributed by atoms with E-state index in [1.165, 1.54) is 22.0 Å². The normalized spacial score (nSPS) is 17.4. The molecule has 0 bridgehead atoms. The first-order valence-corrected chi connectivity index (χ1v) is 6.46. The zero-order chi connectivity index (χ0) is 12.4. The Hall–Kier alpha value is -1.36. The van der Waals surface area contributed by atoms with Crippen molar-refractivity contribution in [2.24, 2.45) is 5.73 Å². The largest absolute Gasteiger partial charge is 0.379 e. The van der Waals surface area contributed by atoms with Crippen LogP contribution in [0.2, 0.25) is 0 Å². The number of nitrogens with two attached hydrogens (primary N) is 1. The number of H-pyrrole nitrogens is 1. The van der Waals surface area contributed by atoms with Gasteiger partial charge in [0.1, 0.15) is 0 Å². The molecule has 0 saturated carbocycles. The lowest BCUT2D eigenvalue weighted by Gasteiger charge is -2.26. The zero-order valence-corrected chi connectivity index (χ0v) is 10.5. The van der Waals surface area contributed by atoms with Crippen LogP contribution in [-0.2, 0) is 17.8 Å². The van der Waals surface area contributed by atoms with Crippen molar-refractivity contribution in [3.63, 3.8) is 0 Å². The molecule has 18 heavy (non-hydrogen) atoms. The second kappa shape index (κ2) is 5.10. The standard InChI is InChI=1S/C14H19N3O/c15-8-11-2-1-3-13-12(9-16-14(11)13)10-17-4-6-18-7-5-17/h1-3,9,16H,4-8,10,15H2. The van der Waals surface area contributed by atoms with E-state index >= 15 is 0 Å². The summed E-state index contributed by atoms with van der Waals surface area (Å²) in [5.41, 5.74) is 9.48. The van der Waals surface area contributed by atoms with Crippen LogP contribution in [0.3, 0.4) is 0 Å². The summed E-state index contributed by atoms with van der Waals surface area (Å²) in [6.45, 7) is 5.28. The molecule has 1 saturated heterocycles. The van der Waals surface area contributed by atoms with E-state index in [0.29, 0.717) is 6.54 Å². The minimum atomic E-state index is 0.578. The molecule has 1 aliphatic rings. The van der Waals surface area contributed by atoms with Gasteiger partial charge in [-0.15, -0.1) is 0 Å². The van der Waals surface area contributed by atoms with Crippen LogP contribution in [0.1, 0.15) is 11.1 Å². The van der Waals surface area contributed by atoms with E-state index in [9.17, 15) is 0 Å². The van der Waals surface area contributed by atoms with Gasteiger partial charge in [-0.25, -0.2) is 0 Å². The van der Waals surface area contributed by atoms with Crippen molar-refractivity contribution in [1.29, 1.82) is 0 Å². The Kier molecular flexibility index (Phi) is 3.32. The summed E-state index contributed by atoms with van der Waals surface area (Å²) in [6.07, 6.45) is 2.11. The molecule has 96 valence electrons. The Bertz CT molecular complexity index is 529. The highest BCUT2D eigenvalue weighted by molar-refractivity contribution is 5.86. The minimum absolute atomic E-state index is 0.578.